The Morgan fingerprint density at radius 1 is 1.43 bits per heavy atom. The van der Waals surface area contributed by atoms with Gasteiger partial charge < -0.3 is 9.40 Å². The summed E-state index contributed by atoms with van der Waals surface area (Å²) in [5.74, 6) is 0.735. The third-order valence-electron chi connectivity index (χ3n) is 2.87. The molecule has 0 fully saturated rings. The van der Waals surface area contributed by atoms with Crippen LogP contribution in [0.4, 0.5) is 0 Å². The van der Waals surface area contributed by atoms with Gasteiger partial charge >= 0.3 is 0 Å². The first-order valence-corrected chi connectivity index (χ1v) is 6.82. The first-order chi connectivity index (χ1) is 10.2. The third kappa shape index (κ3) is 2.64. The van der Waals surface area contributed by atoms with Crippen molar-refractivity contribution in [1.82, 2.24) is 9.97 Å². The highest BCUT2D eigenvalue weighted by atomic mass is 79.9. The van der Waals surface area contributed by atoms with Crippen LogP contribution in [0.3, 0.4) is 0 Å². The molecular weight excluding hydrogens is 334 g/mol. The van der Waals surface area contributed by atoms with E-state index in [4.69, 9.17) is 4.42 Å². The maximum absolute atomic E-state index is 12.1. The van der Waals surface area contributed by atoms with Crippen molar-refractivity contribution in [1.29, 1.82) is 5.26 Å². The summed E-state index contributed by atoms with van der Waals surface area (Å²) in [6, 6.07) is 10.7. The number of allylic oxidation sites excluding steroid dienone is 1. The lowest BCUT2D eigenvalue weighted by atomic mass is 10.2. The van der Waals surface area contributed by atoms with Crippen molar-refractivity contribution >= 4 is 38.5 Å². The zero-order valence-corrected chi connectivity index (χ0v) is 12.2. The highest BCUT2D eigenvalue weighted by Crippen LogP contribution is 2.18. The van der Waals surface area contributed by atoms with Gasteiger partial charge in [-0.3, -0.25) is 4.79 Å². The minimum atomic E-state index is -0.295. The van der Waals surface area contributed by atoms with Crippen LogP contribution in [0, 0.1) is 11.3 Å². The van der Waals surface area contributed by atoms with Gasteiger partial charge in [0.05, 0.1) is 22.7 Å². The van der Waals surface area contributed by atoms with E-state index in [-0.39, 0.29) is 17.0 Å². The molecule has 0 bridgehead atoms. The molecule has 5 nitrogen and oxygen atoms in total. The number of nitriles is 1. The van der Waals surface area contributed by atoms with Gasteiger partial charge in [-0.1, -0.05) is 15.9 Å². The quantitative estimate of drug-likeness (QED) is 0.724. The fraction of sp³-hybridized carbons (Fsp3) is 0. The number of halogens is 1. The number of nitrogens with one attached hydrogen (secondary N) is 1. The van der Waals surface area contributed by atoms with Crippen molar-refractivity contribution in [2.45, 2.75) is 0 Å². The Kier molecular flexibility index (Phi) is 3.42. The summed E-state index contributed by atoms with van der Waals surface area (Å²) in [5, 5.41) is 9.72. The topological polar surface area (TPSA) is 82.7 Å². The molecule has 0 spiro atoms. The molecule has 2 heterocycles. The number of rotatable bonds is 2. The molecule has 0 unspecified atom stereocenters. The number of H-pyrrole nitrogens is 1. The van der Waals surface area contributed by atoms with Crippen molar-refractivity contribution in [3.05, 3.63) is 63.0 Å². The average Bonchev–Trinajstić information content (AvgIpc) is 2.98. The van der Waals surface area contributed by atoms with Crippen molar-refractivity contribution in [2.75, 3.05) is 0 Å². The Bertz CT molecular complexity index is 934. The van der Waals surface area contributed by atoms with Gasteiger partial charge in [0.2, 0.25) is 0 Å². The highest BCUT2D eigenvalue weighted by Gasteiger charge is 2.09. The molecule has 6 heteroatoms. The predicted octanol–water partition coefficient (Wildman–Crippen LogP) is 3.34. The van der Waals surface area contributed by atoms with Gasteiger partial charge in [-0.2, -0.15) is 5.26 Å². The van der Waals surface area contributed by atoms with E-state index in [0.29, 0.717) is 16.7 Å². The largest absolute Gasteiger partial charge is 0.465 e. The average molecular weight is 342 g/mol. The third-order valence-corrected chi connectivity index (χ3v) is 3.37. The molecule has 2 aromatic heterocycles. The van der Waals surface area contributed by atoms with Crippen LogP contribution in [0.25, 0.3) is 22.6 Å². The molecule has 0 atom stereocenters. The van der Waals surface area contributed by atoms with Crippen LogP contribution in [-0.2, 0) is 0 Å². The molecule has 1 N–H and O–H groups in total. The molecule has 0 radical (unpaired) electrons. The number of aromatic nitrogens is 2. The summed E-state index contributed by atoms with van der Waals surface area (Å²) in [6.45, 7) is 0. The Labute approximate surface area is 127 Å². The minimum Gasteiger partial charge on any atom is -0.465 e. The molecule has 102 valence electrons. The van der Waals surface area contributed by atoms with Crippen molar-refractivity contribution in [3.63, 3.8) is 0 Å². The maximum atomic E-state index is 12.1. The minimum absolute atomic E-state index is 0.216. The van der Waals surface area contributed by atoms with E-state index in [1.165, 1.54) is 12.3 Å². The van der Waals surface area contributed by atoms with Crippen molar-refractivity contribution in [2.24, 2.45) is 0 Å². The van der Waals surface area contributed by atoms with Crippen LogP contribution in [0.1, 0.15) is 11.6 Å². The summed E-state index contributed by atoms with van der Waals surface area (Å²) in [5.41, 5.74) is 0.460. The number of benzene rings is 1. The van der Waals surface area contributed by atoms with Crippen LogP contribution in [0.2, 0.25) is 0 Å². The zero-order valence-electron chi connectivity index (χ0n) is 10.6. The molecule has 3 aromatic rings. The Balaban J connectivity index is 2.19. The molecule has 3 rings (SSSR count). The summed E-state index contributed by atoms with van der Waals surface area (Å²) in [7, 11) is 0. The van der Waals surface area contributed by atoms with Crippen LogP contribution >= 0.6 is 15.9 Å². The molecule has 0 aliphatic rings. The molecule has 0 saturated heterocycles. The molecule has 0 amide bonds. The van der Waals surface area contributed by atoms with Crippen molar-refractivity contribution in [3.8, 4) is 6.07 Å². The lowest BCUT2D eigenvalue weighted by molar-refractivity contribution is 0.557. The summed E-state index contributed by atoms with van der Waals surface area (Å²) < 4.78 is 5.96. The van der Waals surface area contributed by atoms with Gasteiger partial charge in [0.1, 0.15) is 11.8 Å². The summed E-state index contributed by atoms with van der Waals surface area (Å²) in [4.78, 5) is 19.0. The molecule has 0 aliphatic heterocycles. The number of furan rings is 1. The predicted molar refractivity (Wildman–Crippen MR) is 82.3 cm³/mol. The van der Waals surface area contributed by atoms with E-state index in [0.717, 1.165) is 4.47 Å². The summed E-state index contributed by atoms with van der Waals surface area (Å²) >= 11 is 3.31. The van der Waals surface area contributed by atoms with E-state index in [2.05, 4.69) is 25.9 Å². The number of fused-ring (bicyclic) bond motifs is 1. The van der Waals surface area contributed by atoms with Crippen molar-refractivity contribution < 1.29 is 4.42 Å². The van der Waals surface area contributed by atoms with E-state index in [9.17, 15) is 10.1 Å². The van der Waals surface area contributed by atoms with Crippen LogP contribution in [0.5, 0.6) is 0 Å². The van der Waals surface area contributed by atoms with Gasteiger partial charge in [0.15, 0.2) is 5.82 Å². The van der Waals surface area contributed by atoms with E-state index >= 15 is 0 Å². The molecule has 21 heavy (non-hydrogen) atoms. The fourth-order valence-corrected chi connectivity index (χ4v) is 2.27. The fourth-order valence-electron chi connectivity index (χ4n) is 1.91. The standard InChI is InChI=1S/C15H8BrN3O2/c16-10-3-4-13-12(7-10)15(20)19-14(18-13)9(8-17)6-11-2-1-5-21-11/h1-7H,(H,18,19,20)/b9-6+. The van der Waals surface area contributed by atoms with Gasteiger partial charge in [-0.25, -0.2) is 4.98 Å². The molecule has 1 aromatic carbocycles. The first-order valence-electron chi connectivity index (χ1n) is 6.02. The number of hydrogen-bond acceptors (Lipinski definition) is 4. The Morgan fingerprint density at radius 3 is 3.00 bits per heavy atom. The van der Waals surface area contributed by atoms with Gasteiger partial charge in [-0.15, -0.1) is 0 Å². The number of aromatic amines is 1. The van der Waals surface area contributed by atoms with Gasteiger partial charge in [0, 0.05) is 10.5 Å². The van der Waals surface area contributed by atoms with E-state index in [1.54, 1.807) is 30.3 Å². The van der Waals surface area contributed by atoms with Crippen LogP contribution < -0.4 is 5.56 Å². The normalized spacial score (nSPS) is 11.5. The first kappa shape index (κ1) is 13.3. The SMILES string of the molecule is N#C/C(=C\c1ccco1)c1nc2ccc(Br)cc2c(=O)[nH]1. The van der Waals surface area contributed by atoms with Gasteiger partial charge in [-0.05, 0) is 30.3 Å². The van der Waals surface area contributed by atoms with Gasteiger partial charge in [0.25, 0.3) is 5.56 Å². The van der Waals surface area contributed by atoms with Crippen LogP contribution in [0.15, 0.2) is 50.3 Å². The lowest BCUT2D eigenvalue weighted by Gasteiger charge is -2.02. The Hall–Kier alpha value is -2.65. The summed E-state index contributed by atoms with van der Waals surface area (Å²) in [6.07, 6.45) is 3.04. The van der Waals surface area contributed by atoms with Crippen LogP contribution in [-0.4, -0.2) is 9.97 Å². The van der Waals surface area contributed by atoms with E-state index in [1.807, 2.05) is 6.07 Å². The second-order valence-corrected chi connectivity index (χ2v) is 5.18. The molecule has 0 saturated carbocycles. The Morgan fingerprint density at radius 2 is 2.29 bits per heavy atom. The highest BCUT2D eigenvalue weighted by molar-refractivity contribution is 9.10. The van der Waals surface area contributed by atoms with E-state index < -0.39 is 0 Å². The smallest absolute Gasteiger partial charge is 0.259 e. The zero-order chi connectivity index (χ0) is 14.8. The number of nitrogens with zero attached hydrogens (tertiary/aromatic N) is 2. The maximum Gasteiger partial charge on any atom is 0.259 e. The molecule has 0 aliphatic carbocycles. The second-order valence-electron chi connectivity index (χ2n) is 4.26. The lowest BCUT2D eigenvalue weighted by Crippen LogP contribution is -2.11. The number of hydrogen-bond donors (Lipinski definition) is 1. The second kappa shape index (κ2) is 5.38. The monoisotopic (exact) mass is 341 g/mol. The molecular formula is C15H8BrN3O2.